The smallest absolute Gasteiger partial charge is 0.332 e. The van der Waals surface area contributed by atoms with Crippen LogP contribution in [0, 0.1) is 0 Å². The number of rotatable bonds is 2. The van der Waals surface area contributed by atoms with E-state index in [1.165, 1.54) is 11.6 Å². The number of aryl methyl sites for hydroxylation is 1. The molecule has 0 spiro atoms. The maximum absolute atomic E-state index is 12.3. The Labute approximate surface area is 142 Å². The topological polar surface area (TPSA) is 85.6 Å². The van der Waals surface area contributed by atoms with Gasteiger partial charge in [-0.2, -0.15) is 0 Å². The molecule has 0 unspecified atom stereocenters. The summed E-state index contributed by atoms with van der Waals surface area (Å²) in [4.78, 5) is 36.0. The molecule has 25 heavy (non-hydrogen) atoms. The molecule has 3 aromatic heterocycles. The number of H-pyrrole nitrogens is 1. The van der Waals surface area contributed by atoms with Crippen molar-refractivity contribution in [3.63, 3.8) is 0 Å². The van der Waals surface area contributed by atoms with Crippen LogP contribution < -0.4 is 11.2 Å². The van der Waals surface area contributed by atoms with Gasteiger partial charge in [-0.15, -0.1) is 0 Å². The Balaban J connectivity index is 1.83. The molecule has 0 saturated carbocycles. The maximum Gasteiger partial charge on any atom is 0.332 e. The van der Waals surface area contributed by atoms with Gasteiger partial charge in [-0.3, -0.25) is 18.9 Å². The van der Waals surface area contributed by atoms with Crippen LogP contribution in [0.25, 0.3) is 33.8 Å². The van der Waals surface area contributed by atoms with Crippen molar-refractivity contribution in [3.8, 4) is 22.6 Å². The minimum absolute atomic E-state index is 0.313. The van der Waals surface area contributed by atoms with E-state index in [9.17, 15) is 9.59 Å². The monoisotopic (exact) mass is 333 g/mol. The summed E-state index contributed by atoms with van der Waals surface area (Å²) in [5.74, 6) is 0.542. The van der Waals surface area contributed by atoms with Gasteiger partial charge in [0.2, 0.25) is 0 Å². The fraction of sp³-hybridized carbons (Fsp3) is 0.111. The molecule has 1 N–H and O–H groups in total. The average molecular weight is 333 g/mol. The predicted octanol–water partition coefficient (Wildman–Crippen LogP) is 1.69. The third-order valence-corrected chi connectivity index (χ3v) is 4.21. The molecule has 4 rings (SSSR count). The Bertz CT molecular complexity index is 1180. The molecule has 7 nitrogen and oxygen atoms in total. The number of fused-ring (bicyclic) bond motifs is 1. The molecule has 4 aromatic rings. The lowest BCUT2D eigenvalue weighted by Crippen LogP contribution is -2.36. The van der Waals surface area contributed by atoms with E-state index in [2.05, 4.69) is 15.0 Å². The van der Waals surface area contributed by atoms with Crippen molar-refractivity contribution in [2.45, 2.75) is 0 Å². The van der Waals surface area contributed by atoms with E-state index in [0.717, 1.165) is 21.4 Å². The van der Waals surface area contributed by atoms with E-state index in [1.54, 1.807) is 13.2 Å². The molecule has 3 heterocycles. The molecular formula is C18H15N5O2. The summed E-state index contributed by atoms with van der Waals surface area (Å²) in [6, 6.07) is 13.5. The summed E-state index contributed by atoms with van der Waals surface area (Å²) in [6.45, 7) is 0. The summed E-state index contributed by atoms with van der Waals surface area (Å²) in [5, 5.41) is 0. The number of hydrogen-bond donors (Lipinski definition) is 1. The molecule has 124 valence electrons. The van der Waals surface area contributed by atoms with Gasteiger partial charge in [0.25, 0.3) is 5.56 Å². The molecule has 7 heteroatoms. The second kappa shape index (κ2) is 5.55. The van der Waals surface area contributed by atoms with Crippen molar-refractivity contribution >= 4 is 11.2 Å². The Hall–Kier alpha value is -3.48. The Kier molecular flexibility index (Phi) is 3.35. The first-order valence-corrected chi connectivity index (χ1v) is 7.74. The van der Waals surface area contributed by atoms with E-state index in [0.29, 0.717) is 17.0 Å². The molecule has 0 saturated heterocycles. The quantitative estimate of drug-likeness (QED) is 0.605. The van der Waals surface area contributed by atoms with Crippen LogP contribution in [0.15, 0.2) is 58.3 Å². The number of aromatic nitrogens is 5. The minimum atomic E-state index is -0.402. The summed E-state index contributed by atoms with van der Waals surface area (Å²) in [5.41, 5.74) is 2.57. The van der Waals surface area contributed by atoms with Crippen LogP contribution in [0.2, 0.25) is 0 Å². The van der Waals surface area contributed by atoms with Crippen molar-refractivity contribution < 1.29 is 0 Å². The zero-order chi connectivity index (χ0) is 17.6. The highest BCUT2D eigenvalue weighted by molar-refractivity contribution is 5.76. The third kappa shape index (κ3) is 2.37. The zero-order valence-corrected chi connectivity index (χ0v) is 13.7. The fourth-order valence-electron chi connectivity index (χ4n) is 2.80. The van der Waals surface area contributed by atoms with E-state index >= 15 is 0 Å². The molecular weight excluding hydrogens is 318 g/mol. The van der Waals surface area contributed by atoms with Gasteiger partial charge in [-0.1, -0.05) is 30.3 Å². The van der Waals surface area contributed by atoms with Gasteiger partial charge in [0.1, 0.15) is 11.3 Å². The molecule has 0 radical (unpaired) electrons. The number of nitrogens with one attached hydrogen (secondary N) is 1. The highest BCUT2D eigenvalue weighted by atomic mass is 16.2. The largest absolute Gasteiger partial charge is 0.332 e. The standard InChI is InChI=1S/C18H15N5O2/c1-22-16-14(17(24)23(2)18(22)25)20-15(21-16)12-8-6-11(7-9-12)13-5-3-4-10-19-13/h3-10H,1-2H3,(H,20,21). The second-order valence-corrected chi connectivity index (χ2v) is 5.78. The molecule has 0 amide bonds. The lowest BCUT2D eigenvalue weighted by Gasteiger charge is -2.01. The molecule has 0 aliphatic heterocycles. The predicted molar refractivity (Wildman–Crippen MR) is 95.2 cm³/mol. The fourth-order valence-corrected chi connectivity index (χ4v) is 2.80. The molecule has 0 bridgehead atoms. The van der Waals surface area contributed by atoms with Gasteiger partial charge >= 0.3 is 5.69 Å². The van der Waals surface area contributed by atoms with E-state index in [4.69, 9.17) is 0 Å². The van der Waals surface area contributed by atoms with Gasteiger partial charge in [0, 0.05) is 31.4 Å². The first-order chi connectivity index (χ1) is 12.1. The summed E-state index contributed by atoms with van der Waals surface area (Å²) < 4.78 is 2.42. The molecule has 0 aliphatic carbocycles. The lowest BCUT2D eigenvalue weighted by molar-refractivity contribution is 0.709. The lowest BCUT2D eigenvalue weighted by atomic mass is 10.1. The van der Waals surface area contributed by atoms with Crippen LogP contribution in [0.3, 0.4) is 0 Å². The van der Waals surface area contributed by atoms with Crippen LogP contribution in [-0.4, -0.2) is 24.1 Å². The highest BCUT2D eigenvalue weighted by Crippen LogP contribution is 2.22. The molecule has 0 aliphatic rings. The van der Waals surface area contributed by atoms with E-state index in [-0.39, 0.29) is 5.56 Å². The Morgan fingerprint density at radius 3 is 2.32 bits per heavy atom. The van der Waals surface area contributed by atoms with Crippen molar-refractivity contribution in [1.82, 2.24) is 24.1 Å². The number of imidazole rings is 1. The number of hydrogen-bond acceptors (Lipinski definition) is 4. The van der Waals surface area contributed by atoms with Crippen LogP contribution in [0.4, 0.5) is 0 Å². The first-order valence-electron chi connectivity index (χ1n) is 7.74. The Morgan fingerprint density at radius 2 is 1.64 bits per heavy atom. The van der Waals surface area contributed by atoms with Crippen LogP contribution in [0.5, 0.6) is 0 Å². The second-order valence-electron chi connectivity index (χ2n) is 5.78. The molecule has 0 atom stereocenters. The normalized spacial score (nSPS) is 11.1. The first kappa shape index (κ1) is 15.1. The van der Waals surface area contributed by atoms with Crippen molar-refractivity contribution in [1.29, 1.82) is 0 Å². The van der Waals surface area contributed by atoms with Crippen LogP contribution in [-0.2, 0) is 14.1 Å². The number of aromatic amines is 1. The van der Waals surface area contributed by atoms with Gasteiger partial charge in [-0.25, -0.2) is 9.78 Å². The van der Waals surface area contributed by atoms with E-state index in [1.807, 2.05) is 42.5 Å². The number of pyridine rings is 1. The van der Waals surface area contributed by atoms with Gasteiger partial charge in [-0.05, 0) is 12.1 Å². The average Bonchev–Trinajstić information content (AvgIpc) is 3.11. The van der Waals surface area contributed by atoms with Gasteiger partial charge in [0.05, 0.1) is 5.69 Å². The van der Waals surface area contributed by atoms with Gasteiger partial charge < -0.3 is 4.98 Å². The SMILES string of the molecule is Cn1c(=O)c2[nH]c(-c3ccc(-c4ccccn4)cc3)nc2n(C)c1=O. The Morgan fingerprint density at radius 1 is 0.920 bits per heavy atom. The molecule has 1 aromatic carbocycles. The zero-order valence-electron chi connectivity index (χ0n) is 13.7. The van der Waals surface area contributed by atoms with E-state index < -0.39 is 5.69 Å². The van der Waals surface area contributed by atoms with Crippen molar-refractivity contribution in [3.05, 3.63) is 69.5 Å². The van der Waals surface area contributed by atoms with Crippen LogP contribution in [0.1, 0.15) is 0 Å². The van der Waals surface area contributed by atoms with Crippen LogP contribution >= 0.6 is 0 Å². The van der Waals surface area contributed by atoms with Crippen molar-refractivity contribution in [2.75, 3.05) is 0 Å². The van der Waals surface area contributed by atoms with Crippen molar-refractivity contribution in [2.24, 2.45) is 14.1 Å². The summed E-state index contributed by atoms with van der Waals surface area (Å²) >= 11 is 0. The highest BCUT2D eigenvalue weighted by Gasteiger charge is 2.14. The summed E-state index contributed by atoms with van der Waals surface area (Å²) in [7, 11) is 3.05. The maximum atomic E-state index is 12.3. The molecule has 0 fully saturated rings. The third-order valence-electron chi connectivity index (χ3n) is 4.21. The minimum Gasteiger partial charge on any atom is -0.332 e. The number of benzene rings is 1. The van der Waals surface area contributed by atoms with Gasteiger partial charge in [0.15, 0.2) is 5.65 Å². The number of nitrogens with zero attached hydrogens (tertiary/aromatic N) is 4. The summed E-state index contributed by atoms with van der Waals surface area (Å²) in [6.07, 6.45) is 1.75.